The molecule has 1 heterocycles. The number of non-ortho nitro benzene ring substituents is 1. The average Bonchev–Trinajstić information content (AvgIpc) is 2.55. The molecule has 2 N–H and O–H groups in total. The lowest BCUT2D eigenvalue weighted by Gasteiger charge is -2.25. The summed E-state index contributed by atoms with van der Waals surface area (Å²) in [5.74, 6) is -2.60. The van der Waals surface area contributed by atoms with Gasteiger partial charge in [0.15, 0.2) is 0 Å². The monoisotopic (exact) mass is 361 g/mol. The van der Waals surface area contributed by atoms with Gasteiger partial charge in [-0.05, 0) is 32.4 Å². The van der Waals surface area contributed by atoms with Crippen LogP contribution in [0.2, 0.25) is 0 Å². The zero-order chi connectivity index (χ0) is 19.4. The van der Waals surface area contributed by atoms with E-state index in [-0.39, 0.29) is 35.9 Å². The molecule has 1 aromatic carbocycles. The van der Waals surface area contributed by atoms with Gasteiger partial charge in [-0.15, -0.1) is 0 Å². The van der Waals surface area contributed by atoms with E-state index in [1.54, 1.807) is 13.8 Å². The number of nitrogens with one attached hydrogen (secondary N) is 2. The summed E-state index contributed by atoms with van der Waals surface area (Å²) in [4.78, 5) is 46.9. The lowest BCUT2D eigenvalue weighted by atomic mass is 9.89. The van der Waals surface area contributed by atoms with Crippen LogP contribution in [-0.4, -0.2) is 29.3 Å². The molecule has 138 valence electrons. The van der Waals surface area contributed by atoms with Gasteiger partial charge in [-0.2, -0.15) is 0 Å². The highest BCUT2D eigenvalue weighted by Crippen LogP contribution is 2.27. The van der Waals surface area contributed by atoms with Crippen molar-refractivity contribution in [2.45, 2.75) is 27.2 Å². The van der Waals surface area contributed by atoms with Crippen LogP contribution in [0, 0.1) is 23.0 Å². The second-order valence-corrected chi connectivity index (χ2v) is 5.81. The molecule has 0 saturated carbocycles. The fourth-order valence-corrected chi connectivity index (χ4v) is 2.73. The Bertz CT molecular complexity index is 815. The Morgan fingerprint density at radius 1 is 1.38 bits per heavy atom. The summed E-state index contributed by atoms with van der Waals surface area (Å²) in [5, 5.41) is 16.0. The van der Waals surface area contributed by atoms with Crippen LogP contribution in [0.4, 0.5) is 11.4 Å². The topological polar surface area (TPSA) is 128 Å². The predicted octanol–water partition coefficient (Wildman–Crippen LogP) is 1.81. The van der Waals surface area contributed by atoms with Crippen LogP contribution in [0.15, 0.2) is 29.5 Å². The largest absolute Gasteiger partial charge is 0.463 e. The van der Waals surface area contributed by atoms with E-state index < -0.39 is 22.7 Å². The normalized spacial score (nSPS) is 16.7. The molecule has 9 heteroatoms. The van der Waals surface area contributed by atoms with Crippen molar-refractivity contribution in [3.8, 4) is 0 Å². The third-order valence-electron chi connectivity index (χ3n) is 3.96. The van der Waals surface area contributed by atoms with Gasteiger partial charge < -0.3 is 15.4 Å². The number of esters is 1. The van der Waals surface area contributed by atoms with Crippen LogP contribution >= 0.6 is 0 Å². The number of nitro benzene ring substituents is 1. The van der Waals surface area contributed by atoms with Gasteiger partial charge in [0.2, 0.25) is 11.8 Å². The lowest BCUT2D eigenvalue weighted by Crippen LogP contribution is -2.40. The van der Waals surface area contributed by atoms with Gasteiger partial charge in [0.25, 0.3) is 5.69 Å². The Balaban J connectivity index is 2.29. The maximum absolute atomic E-state index is 12.7. The van der Waals surface area contributed by atoms with Crippen molar-refractivity contribution in [2.75, 3.05) is 11.9 Å². The molecular weight excluding hydrogens is 342 g/mol. The van der Waals surface area contributed by atoms with Crippen molar-refractivity contribution in [3.63, 3.8) is 0 Å². The van der Waals surface area contributed by atoms with Gasteiger partial charge in [0.05, 0.1) is 23.0 Å². The zero-order valence-electron chi connectivity index (χ0n) is 14.6. The highest BCUT2D eigenvalue weighted by Gasteiger charge is 2.36. The van der Waals surface area contributed by atoms with E-state index in [0.29, 0.717) is 11.3 Å². The fraction of sp³-hybridized carbons (Fsp3) is 0.353. The van der Waals surface area contributed by atoms with Gasteiger partial charge in [0.1, 0.15) is 0 Å². The number of hydrogen-bond donors (Lipinski definition) is 2. The van der Waals surface area contributed by atoms with Gasteiger partial charge >= 0.3 is 5.97 Å². The predicted molar refractivity (Wildman–Crippen MR) is 92.0 cm³/mol. The van der Waals surface area contributed by atoms with E-state index in [0.717, 1.165) is 0 Å². The minimum absolute atomic E-state index is 0.0968. The minimum atomic E-state index is -1.00. The quantitative estimate of drug-likeness (QED) is 0.468. The molecule has 2 amide bonds. The van der Waals surface area contributed by atoms with E-state index in [1.807, 2.05) is 0 Å². The molecule has 0 spiro atoms. The molecule has 1 aliphatic rings. The number of nitro groups is 1. The zero-order valence-corrected chi connectivity index (χ0v) is 14.6. The number of carbonyl (C=O) groups is 3. The highest BCUT2D eigenvalue weighted by atomic mass is 16.6. The van der Waals surface area contributed by atoms with Gasteiger partial charge in [-0.1, -0.05) is 0 Å². The number of nitrogens with zero attached hydrogens (tertiary/aromatic N) is 1. The van der Waals surface area contributed by atoms with Crippen LogP contribution < -0.4 is 10.6 Å². The first-order valence-electron chi connectivity index (χ1n) is 7.98. The molecule has 0 saturated heterocycles. The third-order valence-corrected chi connectivity index (χ3v) is 3.96. The number of ether oxygens (including phenoxy) is 1. The Kier molecular flexibility index (Phi) is 5.71. The van der Waals surface area contributed by atoms with E-state index in [1.165, 1.54) is 25.1 Å². The van der Waals surface area contributed by atoms with Crippen LogP contribution in [0.3, 0.4) is 0 Å². The van der Waals surface area contributed by atoms with Crippen LogP contribution in [-0.2, 0) is 19.1 Å². The van der Waals surface area contributed by atoms with E-state index in [2.05, 4.69) is 10.6 Å². The van der Waals surface area contributed by atoms with Crippen molar-refractivity contribution < 1.29 is 24.0 Å². The summed E-state index contributed by atoms with van der Waals surface area (Å²) in [6.45, 7) is 4.92. The Morgan fingerprint density at radius 3 is 2.65 bits per heavy atom. The third kappa shape index (κ3) is 4.05. The second-order valence-electron chi connectivity index (χ2n) is 5.81. The average molecular weight is 361 g/mol. The second kappa shape index (κ2) is 7.77. The summed E-state index contributed by atoms with van der Waals surface area (Å²) < 4.78 is 4.98. The van der Waals surface area contributed by atoms with Gasteiger partial charge in [0, 0.05) is 29.9 Å². The van der Waals surface area contributed by atoms with Crippen molar-refractivity contribution in [2.24, 2.45) is 5.92 Å². The molecule has 0 aromatic heterocycles. The summed E-state index contributed by atoms with van der Waals surface area (Å²) in [7, 11) is 0. The minimum Gasteiger partial charge on any atom is -0.463 e. The number of aryl methyl sites for hydroxylation is 1. The number of benzene rings is 1. The fourth-order valence-electron chi connectivity index (χ4n) is 2.73. The van der Waals surface area contributed by atoms with E-state index in [9.17, 15) is 24.5 Å². The summed E-state index contributed by atoms with van der Waals surface area (Å²) >= 11 is 0. The summed E-state index contributed by atoms with van der Waals surface area (Å²) in [6.07, 6.45) is -0.191. The highest BCUT2D eigenvalue weighted by molar-refractivity contribution is 6.06. The van der Waals surface area contributed by atoms with E-state index in [4.69, 9.17) is 4.74 Å². The number of rotatable bonds is 5. The summed E-state index contributed by atoms with van der Waals surface area (Å²) in [5.41, 5.74) is 1.14. The van der Waals surface area contributed by atoms with Crippen LogP contribution in [0.25, 0.3) is 0 Å². The Hall–Kier alpha value is -3.23. The molecule has 2 rings (SSSR count). The molecule has 9 nitrogen and oxygen atoms in total. The molecule has 1 aromatic rings. The van der Waals surface area contributed by atoms with Gasteiger partial charge in [-0.3, -0.25) is 19.7 Å². The molecule has 0 unspecified atom stereocenters. The Labute approximate surface area is 149 Å². The van der Waals surface area contributed by atoms with Gasteiger partial charge in [-0.25, -0.2) is 4.79 Å². The number of hydrogen-bond acceptors (Lipinski definition) is 6. The first-order chi connectivity index (χ1) is 12.2. The number of amides is 2. The maximum atomic E-state index is 12.7. The SMILES string of the molecule is CCOC(=O)C1=C(C)NC(=O)C[C@H]1C(=O)Nc1ccc([N+](=O)[O-])cc1C. The number of anilines is 1. The van der Waals surface area contributed by atoms with Crippen molar-refractivity contribution >= 4 is 29.2 Å². The standard InChI is InChI=1S/C17H19N3O6/c1-4-26-17(23)15-10(3)18-14(21)8-12(15)16(22)19-13-6-5-11(20(24)25)7-9(13)2/h5-7,12H,4,8H2,1-3H3,(H,18,21)(H,19,22)/t12-/m1/s1. The maximum Gasteiger partial charge on any atom is 0.336 e. The Morgan fingerprint density at radius 2 is 2.08 bits per heavy atom. The van der Waals surface area contributed by atoms with Crippen LogP contribution in [0.1, 0.15) is 25.8 Å². The van der Waals surface area contributed by atoms with Crippen LogP contribution in [0.5, 0.6) is 0 Å². The van der Waals surface area contributed by atoms with Crippen molar-refractivity contribution in [3.05, 3.63) is 45.1 Å². The molecule has 0 radical (unpaired) electrons. The molecule has 0 aliphatic carbocycles. The summed E-state index contributed by atoms with van der Waals surface area (Å²) in [6, 6.07) is 4.01. The smallest absolute Gasteiger partial charge is 0.336 e. The first kappa shape index (κ1) is 19.1. The molecule has 26 heavy (non-hydrogen) atoms. The molecule has 1 aliphatic heterocycles. The van der Waals surface area contributed by atoms with E-state index >= 15 is 0 Å². The number of allylic oxidation sites excluding steroid dienone is 1. The first-order valence-corrected chi connectivity index (χ1v) is 7.98. The molecule has 0 bridgehead atoms. The molecular formula is C17H19N3O6. The molecule has 0 fully saturated rings. The lowest BCUT2D eigenvalue weighted by molar-refractivity contribution is -0.384. The van der Waals surface area contributed by atoms with Crippen molar-refractivity contribution in [1.29, 1.82) is 0 Å². The molecule has 1 atom stereocenters. The number of carbonyl (C=O) groups excluding carboxylic acids is 3. The van der Waals surface area contributed by atoms with Crippen molar-refractivity contribution in [1.82, 2.24) is 5.32 Å².